The third-order valence-electron chi connectivity index (χ3n) is 5.92. The molecule has 0 radical (unpaired) electrons. The van der Waals surface area contributed by atoms with Gasteiger partial charge >= 0.3 is 0 Å². The van der Waals surface area contributed by atoms with Crippen molar-refractivity contribution in [2.45, 2.75) is 18.7 Å². The van der Waals surface area contributed by atoms with E-state index >= 15 is 0 Å². The first-order valence-corrected chi connectivity index (χ1v) is 10.3. The number of phenolic OH excluding ortho intramolecular Hbond substituents is 1. The molecule has 5 rings (SSSR count). The van der Waals surface area contributed by atoms with E-state index in [1.54, 1.807) is 33.5 Å². The lowest BCUT2D eigenvalue weighted by molar-refractivity contribution is -0.0203. The number of para-hydroxylation sites is 1. The van der Waals surface area contributed by atoms with Crippen LogP contribution in [0.1, 0.15) is 35.4 Å². The number of methoxy groups -OCH3 is 3. The third-order valence-corrected chi connectivity index (χ3v) is 5.92. The van der Waals surface area contributed by atoms with Gasteiger partial charge in [-0.25, -0.2) is 5.01 Å². The minimum absolute atomic E-state index is 0.0441. The molecule has 7 heteroatoms. The Balaban J connectivity index is 1.62. The average Bonchev–Trinajstić information content (AvgIpc) is 3.29. The lowest BCUT2D eigenvalue weighted by Crippen LogP contribution is -2.33. The van der Waals surface area contributed by atoms with Crippen LogP contribution < -0.4 is 18.9 Å². The molecule has 2 aliphatic rings. The van der Waals surface area contributed by atoms with Crippen LogP contribution in [0.4, 0.5) is 0 Å². The topological polar surface area (TPSA) is 72.8 Å². The molecule has 0 saturated carbocycles. The average molecular weight is 432 g/mol. The summed E-state index contributed by atoms with van der Waals surface area (Å²) in [6.45, 7) is 0. The highest BCUT2D eigenvalue weighted by atomic mass is 16.5. The van der Waals surface area contributed by atoms with E-state index in [1.165, 1.54) is 0 Å². The van der Waals surface area contributed by atoms with Gasteiger partial charge in [0.1, 0.15) is 28.7 Å². The standard InChI is InChI=1S/C25H24N2O5/c1-29-15-9-11-22(28)19(12-15)20-14-21-17-6-4-5-7-23(17)32-25(27(21)26-20)18-10-8-16(30-2)13-24(18)31-3/h4-13,21,25,28H,14H2,1-3H3/t21-,25+/m1/s1. The lowest BCUT2D eigenvalue weighted by Gasteiger charge is -2.38. The van der Waals surface area contributed by atoms with E-state index in [2.05, 4.69) is 6.07 Å². The molecule has 2 heterocycles. The van der Waals surface area contributed by atoms with Crippen molar-refractivity contribution in [3.63, 3.8) is 0 Å². The van der Waals surface area contributed by atoms with Crippen molar-refractivity contribution in [2.24, 2.45) is 5.10 Å². The van der Waals surface area contributed by atoms with Crippen LogP contribution in [0.2, 0.25) is 0 Å². The van der Waals surface area contributed by atoms with E-state index in [0.717, 1.165) is 22.6 Å². The summed E-state index contributed by atoms with van der Waals surface area (Å²) < 4.78 is 22.8. The molecule has 3 aromatic carbocycles. The summed E-state index contributed by atoms with van der Waals surface area (Å²) in [5, 5.41) is 17.4. The third kappa shape index (κ3) is 3.26. The minimum Gasteiger partial charge on any atom is -0.507 e. The monoisotopic (exact) mass is 432 g/mol. The Morgan fingerprint density at radius 1 is 0.906 bits per heavy atom. The number of rotatable bonds is 5. The summed E-state index contributed by atoms with van der Waals surface area (Å²) in [5.41, 5.74) is 3.31. The summed E-state index contributed by atoms with van der Waals surface area (Å²) in [5.74, 6) is 2.99. The molecule has 0 aliphatic carbocycles. The Bertz CT molecular complexity index is 1190. The van der Waals surface area contributed by atoms with Gasteiger partial charge in [0, 0.05) is 23.6 Å². The Morgan fingerprint density at radius 3 is 2.44 bits per heavy atom. The minimum atomic E-state index is -0.499. The number of nitrogens with zero attached hydrogens (tertiary/aromatic N) is 2. The molecular formula is C25H24N2O5. The van der Waals surface area contributed by atoms with E-state index < -0.39 is 6.23 Å². The van der Waals surface area contributed by atoms with Crippen LogP contribution in [0.5, 0.6) is 28.7 Å². The molecule has 0 bridgehead atoms. The Morgan fingerprint density at radius 2 is 1.66 bits per heavy atom. The van der Waals surface area contributed by atoms with Gasteiger partial charge in [-0.15, -0.1) is 0 Å². The molecule has 0 fully saturated rings. The number of benzene rings is 3. The summed E-state index contributed by atoms with van der Waals surface area (Å²) in [6.07, 6.45) is 0.122. The number of fused-ring (bicyclic) bond motifs is 3. The Hall–Kier alpha value is -3.87. The summed E-state index contributed by atoms with van der Waals surface area (Å²) in [4.78, 5) is 0. The second-order valence-electron chi connectivity index (χ2n) is 7.65. The smallest absolute Gasteiger partial charge is 0.217 e. The van der Waals surface area contributed by atoms with Gasteiger partial charge in [-0.2, -0.15) is 5.10 Å². The lowest BCUT2D eigenvalue weighted by atomic mass is 9.95. The summed E-state index contributed by atoms with van der Waals surface area (Å²) in [7, 11) is 4.85. The SMILES string of the molecule is COc1ccc([C@@H]2Oc3ccccc3[C@H]3CC(c4cc(OC)ccc4O)=NN32)c(OC)c1. The van der Waals surface area contributed by atoms with Crippen LogP contribution in [-0.2, 0) is 0 Å². The largest absolute Gasteiger partial charge is 0.507 e. The highest BCUT2D eigenvalue weighted by molar-refractivity contribution is 6.04. The number of phenols is 1. The van der Waals surface area contributed by atoms with Crippen molar-refractivity contribution in [3.05, 3.63) is 77.4 Å². The molecule has 164 valence electrons. The number of hydrogen-bond donors (Lipinski definition) is 1. The van der Waals surface area contributed by atoms with Crippen molar-refractivity contribution in [1.82, 2.24) is 5.01 Å². The molecule has 3 aromatic rings. The zero-order chi connectivity index (χ0) is 22.2. The van der Waals surface area contributed by atoms with Gasteiger partial charge in [0.25, 0.3) is 0 Å². The van der Waals surface area contributed by atoms with Crippen molar-refractivity contribution in [1.29, 1.82) is 0 Å². The van der Waals surface area contributed by atoms with E-state index in [4.69, 9.17) is 24.0 Å². The molecule has 2 atom stereocenters. The van der Waals surface area contributed by atoms with Crippen LogP contribution >= 0.6 is 0 Å². The molecule has 0 unspecified atom stereocenters. The van der Waals surface area contributed by atoms with Crippen LogP contribution in [0.15, 0.2) is 65.8 Å². The van der Waals surface area contributed by atoms with Gasteiger partial charge in [0.15, 0.2) is 0 Å². The molecule has 0 aromatic heterocycles. The van der Waals surface area contributed by atoms with Crippen molar-refractivity contribution in [3.8, 4) is 28.7 Å². The molecule has 7 nitrogen and oxygen atoms in total. The number of hydrogen-bond acceptors (Lipinski definition) is 7. The van der Waals surface area contributed by atoms with Crippen LogP contribution in [0.25, 0.3) is 0 Å². The predicted octanol–water partition coefficient (Wildman–Crippen LogP) is 4.66. The van der Waals surface area contributed by atoms with Gasteiger partial charge in [0.05, 0.1) is 38.6 Å². The first-order chi connectivity index (χ1) is 15.6. The highest BCUT2D eigenvalue weighted by Gasteiger charge is 2.42. The highest BCUT2D eigenvalue weighted by Crippen LogP contribution is 2.49. The second kappa shape index (κ2) is 8.00. The molecule has 0 amide bonds. The summed E-state index contributed by atoms with van der Waals surface area (Å²) >= 11 is 0. The quantitative estimate of drug-likeness (QED) is 0.632. The molecule has 1 N–H and O–H groups in total. The van der Waals surface area contributed by atoms with Gasteiger partial charge in [-0.05, 0) is 36.4 Å². The van der Waals surface area contributed by atoms with E-state index in [0.29, 0.717) is 29.2 Å². The van der Waals surface area contributed by atoms with Crippen molar-refractivity contribution in [2.75, 3.05) is 21.3 Å². The van der Waals surface area contributed by atoms with E-state index in [9.17, 15) is 5.11 Å². The normalized spacial score (nSPS) is 18.8. The zero-order valence-corrected chi connectivity index (χ0v) is 18.1. The van der Waals surface area contributed by atoms with Gasteiger partial charge in [-0.1, -0.05) is 18.2 Å². The fraction of sp³-hybridized carbons (Fsp3) is 0.240. The molecular weight excluding hydrogens is 408 g/mol. The Labute approximate surface area is 186 Å². The Kier molecular flexibility index (Phi) is 5.01. The first kappa shape index (κ1) is 20.1. The van der Waals surface area contributed by atoms with E-state index in [-0.39, 0.29) is 11.8 Å². The number of aromatic hydroxyl groups is 1. The number of hydrazone groups is 1. The predicted molar refractivity (Wildman–Crippen MR) is 120 cm³/mol. The van der Waals surface area contributed by atoms with Crippen molar-refractivity contribution < 1.29 is 24.1 Å². The molecule has 2 aliphatic heterocycles. The second-order valence-corrected chi connectivity index (χ2v) is 7.65. The summed E-state index contributed by atoms with van der Waals surface area (Å²) in [6, 6.07) is 18.7. The molecule has 0 spiro atoms. The maximum Gasteiger partial charge on any atom is 0.217 e. The molecule has 32 heavy (non-hydrogen) atoms. The van der Waals surface area contributed by atoms with Gasteiger partial charge < -0.3 is 24.1 Å². The fourth-order valence-electron chi connectivity index (χ4n) is 4.30. The van der Waals surface area contributed by atoms with Crippen LogP contribution in [0, 0.1) is 0 Å². The zero-order valence-electron chi connectivity index (χ0n) is 18.1. The van der Waals surface area contributed by atoms with E-state index in [1.807, 2.05) is 47.5 Å². The van der Waals surface area contributed by atoms with Crippen LogP contribution in [0.3, 0.4) is 0 Å². The van der Waals surface area contributed by atoms with Gasteiger partial charge in [0.2, 0.25) is 6.23 Å². The van der Waals surface area contributed by atoms with Crippen molar-refractivity contribution >= 4 is 5.71 Å². The molecule has 0 saturated heterocycles. The maximum absolute atomic E-state index is 10.5. The fourth-order valence-corrected chi connectivity index (χ4v) is 4.30. The van der Waals surface area contributed by atoms with Crippen LogP contribution in [-0.4, -0.2) is 37.2 Å². The maximum atomic E-state index is 10.5. The first-order valence-electron chi connectivity index (χ1n) is 10.3. The number of ether oxygens (including phenoxy) is 4. The van der Waals surface area contributed by atoms with Gasteiger partial charge in [-0.3, -0.25) is 0 Å².